The van der Waals surface area contributed by atoms with Gasteiger partial charge in [-0.1, -0.05) is 24.3 Å². The fourth-order valence-electron chi connectivity index (χ4n) is 5.10. The fraction of sp³-hybridized carbons (Fsp3) is 0.344. The third kappa shape index (κ3) is 6.57. The molecule has 1 saturated heterocycles. The van der Waals surface area contributed by atoms with Crippen LogP contribution in [0.2, 0.25) is 0 Å². The first kappa shape index (κ1) is 27.5. The third-order valence-corrected chi connectivity index (χ3v) is 7.05. The van der Waals surface area contributed by atoms with Gasteiger partial charge in [0.2, 0.25) is 0 Å². The molecule has 0 atom stereocenters. The van der Waals surface area contributed by atoms with Crippen LogP contribution >= 0.6 is 0 Å². The van der Waals surface area contributed by atoms with E-state index in [2.05, 4.69) is 27.3 Å². The number of anilines is 1. The number of aromatic nitrogens is 1. The predicted molar refractivity (Wildman–Crippen MR) is 155 cm³/mol. The number of benzene rings is 3. The molecule has 1 aliphatic rings. The first-order valence-electron chi connectivity index (χ1n) is 13.8. The molecule has 0 bridgehead atoms. The zero-order valence-corrected chi connectivity index (χ0v) is 23.3. The molecule has 7 nitrogen and oxygen atoms in total. The van der Waals surface area contributed by atoms with Crippen LogP contribution in [0.25, 0.3) is 22.4 Å². The van der Waals surface area contributed by atoms with Crippen molar-refractivity contribution < 1.29 is 23.0 Å². The van der Waals surface area contributed by atoms with Crippen molar-refractivity contribution in [3.8, 4) is 39.6 Å². The van der Waals surface area contributed by atoms with Gasteiger partial charge in [-0.15, -0.1) is 0 Å². The first-order chi connectivity index (χ1) is 19.6. The summed E-state index contributed by atoms with van der Waals surface area (Å²) in [7, 11) is 1.65. The van der Waals surface area contributed by atoms with Crippen LogP contribution in [0.4, 0.5) is 10.4 Å². The summed E-state index contributed by atoms with van der Waals surface area (Å²) in [6, 6.07) is 19.2. The molecule has 0 saturated carbocycles. The van der Waals surface area contributed by atoms with E-state index in [-0.39, 0.29) is 11.9 Å². The molecular formula is C32H36FN3O4. The maximum absolute atomic E-state index is 13.6. The van der Waals surface area contributed by atoms with Crippen LogP contribution < -0.4 is 19.5 Å². The Hall–Kier alpha value is -4.04. The molecule has 0 spiro atoms. The molecule has 0 amide bonds. The number of likely N-dealkylation sites (tertiary alicyclic amines) is 1. The van der Waals surface area contributed by atoms with Crippen molar-refractivity contribution in [1.82, 2.24) is 9.88 Å². The van der Waals surface area contributed by atoms with Crippen LogP contribution in [-0.2, 0) is 6.54 Å². The number of ether oxygens (including phenoxy) is 3. The Morgan fingerprint density at radius 3 is 2.30 bits per heavy atom. The predicted octanol–water partition coefficient (Wildman–Crippen LogP) is 7.03. The lowest BCUT2D eigenvalue weighted by atomic mass is 9.99. The largest absolute Gasteiger partial charge is 0.497 e. The molecule has 5 rings (SSSR count). The molecule has 1 aromatic heterocycles. The van der Waals surface area contributed by atoms with Crippen LogP contribution in [0, 0.1) is 5.82 Å². The maximum Gasteiger partial charge on any atom is 0.295 e. The third-order valence-electron chi connectivity index (χ3n) is 7.05. The molecule has 1 fully saturated rings. The Morgan fingerprint density at radius 1 is 0.950 bits per heavy atom. The Labute approximate surface area is 234 Å². The number of nitrogens with zero attached hydrogens (tertiary/aromatic N) is 2. The van der Waals surface area contributed by atoms with E-state index >= 15 is 0 Å². The SMILES string of the molecule is CCOc1cc(CN2CCC(Nc3nc(-c4cccc(OC)c4)co3)CC2)cc(OCC)c1-c1ccc(F)cc1. The molecule has 1 aliphatic heterocycles. The summed E-state index contributed by atoms with van der Waals surface area (Å²) in [6.45, 7) is 7.65. The van der Waals surface area contributed by atoms with Gasteiger partial charge in [-0.3, -0.25) is 4.90 Å². The van der Waals surface area contributed by atoms with E-state index in [0.29, 0.717) is 19.2 Å². The van der Waals surface area contributed by atoms with Crippen LogP contribution in [0.5, 0.6) is 17.2 Å². The average Bonchev–Trinajstić information content (AvgIpc) is 3.44. The maximum atomic E-state index is 13.6. The molecule has 0 aliphatic carbocycles. The minimum atomic E-state index is -0.269. The number of nitrogens with one attached hydrogen (secondary N) is 1. The highest BCUT2D eigenvalue weighted by atomic mass is 19.1. The van der Waals surface area contributed by atoms with Gasteiger partial charge in [0.1, 0.15) is 35.0 Å². The Bertz CT molecular complexity index is 1370. The summed E-state index contributed by atoms with van der Waals surface area (Å²) in [5.41, 5.74) is 4.58. The van der Waals surface area contributed by atoms with Crippen molar-refractivity contribution in [3.05, 3.63) is 78.3 Å². The van der Waals surface area contributed by atoms with Gasteiger partial charge in [0.05, 0.1) is 25.9 Å². The lowest BCUT2D eigenvalue weighted by Gasteiger charge is -2.32. The molecule has 210 valence electrons. The van der Waals surface area contributed by atoms with E-state index in [9.17, 15) is 4.39 Å². The van der Waals surface area contributed by atoms with E-state index in [0.717, 1.165) is 77.7 Å². The molecule has 3 aromatic carbocycles. The van der Waals surface area contributed by atoms with Crippen molar-refractivity contribution in [2.45, 2.75) is 39.3 Å². The molecule has 40 heavy (non-hydrogen) atoms. The van der Waals surface area contributed by atoms with Crippen LogP contribution in [0.1, 0.15) is 32.3 Å². The van der Waals surface area contributed by atoms with E-state index < -0.39 is 0 Å². The monoisotopic (exact) mass is 545 g/mol. The van der Waals surface area contributed by atoms with Gasteiger partial charge in [-0.25, -0.2) is 4.39 Å². The molecule has 0 unspecified atom stereocenters. The highest BCUT2D eigenvalue weighted by molar-refractivity contribution is 5.77. The van der Waals surface area contributed by atoms with Crippen LogP contribution in [-0.4, -0.2) is 49.3 Å². The minimum Gasteiger partial charge on any atom is -0.497 e. The van der Waals surface area contributed by atoms with E-state index in [1.54, 1.807) is 25.5 Å². The Morgan fingerprint density at radius 2 is 1.65 bits per heavy atom. The van der Waals surface area contributed by atoms with Gasteiger partial charge >= 0.3 is 0 Å². The minimum absolute atomic E-state index is 0.269. The van der Waals surface area contributed by atoms with Crippen LogP contribution in [0.15, 0.2) is 71.3 Å². The Balaban J connectivity index is 1.23. The number of hydrogen-bond donors (Lipinski definition) is 1. The lowest BCUT2D eigenvalue weighted by Crippen LogP contribution is -2.38. The van der Waals surface area contributed by atoms with Gasteiger partial charge in [0.25, 0.3) is 6.01 Å². The second-order valence-corrected chi connectivity index (χ2v) is 9.80. The average molecular weight is 546 g/mol. The van der Waals surface area contributed by atoms with Gasteiger partial charge in [0, 0.05) is 31.2 Å². The molecule has 0 radical (unpaired) electrons. The van der Waals surface area contributed by atoms with Gasteiger partial charge in [0.15, 0.2) is 0 Å². The normalized spacial score (nSPS) is 14.2. The molecular weight excluding hydrogens is 509 g/mol. The van der Waals surface area contributed by atoms with E-state index in [4.69, 9.17) is 18.6 Å². The number of piperidine rings is 1. The molecule has 1 N–H and O–H groups in total. The summed E-state index contributed by atoms with van der Waals surface area (Å²) >= 11 is 0. The van der Waals surface area contributed by atoms with E-state index in [1.165, 1.54) is 12.1 Å². The highest BCUT2D eigenvalue weighted by Gasteiger charge is 2.22. The van der Waals surface area contributed by atoms with Crippen molar-refractivity contribution in [2.75, 3.05) is 38.7 Å². The zero-order valence-electron chi connectivity index (χ0n) is 23.3. The molecule has 2 heterocycles. The van der Waals surface area contributed by atoms with Crippen molar-refractivity contribution in [1.29, 1.82) is 0 Å². The van der Waals surface area contributed by atoms with Gasteiger partial charge in [-0.05, 0) is 74.2 Å². The van der Waals surface area contributed by atoms with Gasteiger partial charge in [-0.2, -0.15) is 4.98 Å². The number of rotatable bonds is 11. The zero-order chi connectivity index (χ0) is 27.9. The van der Waals surface area contributed by atoms with Crippen LogP contribution in [0.3, 0.4) is 0 Å². The second-order valence-electron chi connectivity index (χ2n) is 9.80. The second kappa shape index (κ2) is 12.9. The number of halogens is 1. The number of hydrogen-bond acceptors (Lipinski definition) is 7. The summed E-state index contributed by atoms with van der Waals surface area (Å²) in [5.74, 6) is 2.02. The molecule has 8 heteroatoms. The van der Waals surface area contributed by atoms with Crippen molar-refractivity contribution >= 4 is 6.01 Å². The quantitative estimate of drug-likeness (QED) is 0.217. The summed E-state index contributed by atoms with van der Waals surface area (Å²) in [5, 5.41) is 3.46. The van der Waals surface area contributed by atoms with E-state index in [1.807, 2.05) is 38.1 Å². The number of oxazole rings is 1. The summed E-state index contributed by atoms with van der Waals surface area (Å²) in [4.78, 5) is 7.07. The summed E-state index contributed by atoms with van der Waals surface area (Å²) < 4.78 is 36.7. The smallest absolute Gasteiger partial charge is 0.295 e. The van der Waals surface area contributed by atoms with Crippen molar-refractivity contribution in [2.24, 2.45) is 0 Å². The fourth-order valence-corrected chi connectivity index (χ4v) is 5.10. The van der Waals surface area contributed by atoms with Crippen molar-refractivity contribution in [3.63, 3.8) is 0 Å². The lowest BCUT2D eigenvalue weighted by molar-refractivity contribution is 0.209. The molecule has 4 aromatic rings. The standard InChI is InChI=1S/C32H36FN3O4/c1-4-38-29-17-22(18-30(39-5-2)31(29)23-9-11-25(33)12-10-23)20-36-15-13-26(14-16-36)34-32-35-28(21-40-32)24-7-6-8-27(19-24)37-3/h6-12,17-19,21,26H,4-5,13-16,20H2,1-3H3,(H,34,35). The van der Waals surface area contributed by atoms with Gasteiger partial charge < -0.3 is 23.9 Å². The number of methoxy groups -OCH3 is 1. The topological polar surface area (TPSA) is 69.0 Å². The Kier molecular flexibility index (Phi) is 8.86. The first-order valence-corrected chi connectivity index (χ1v) is 13.8. The highest BCUT2D eigenvalue weighted by Crippen LogP contribution is 2.40. The summed E-state index contributed by atoms with van der Waals surface area (Å²) in [6.07, 6.45) is 3.62.